The number of fused-ring (bicyclic) bond motifs is 1. The van der Waals surface area contributed by atoms with Crippen LogP contribution in [-0.4, -0.2) is 44.5 Å². The maximum Gasteiger partial charge on any atom is 0.222 e. The third kappa shape index (κ3) is 2.93. The standard InChI is InChI=1S/C16H22ClN7O/c1-9-7-23(15-13(17)10(2)19-16(18)20-15)8-12-21-22-14(24(9)12)11-3-5-25-6-4-11/h9,11H,3-8H2,1-2H3,(H2,18,19,20)/t9-/m0/s1. The molecule has 0 bridgehead atoms. The zero-order valence-electron chi connectivity index (χ0n) is 14.4. The molecule has 134 valence electrons. The smallest absolute Gasteiger partial charge is 0.222 e. The second-order valence-corrected chi connectivity index (χ2v) is 7.14. The van der Waals surface area contributed by atoms with Gasteiger partial charge in [-0.05, 0) is 26.7 Å². The van der Waals surface area contributed by atoms with Crippen molar-refractivity contribution in [2.24, 2.45) is 0 Å². The molecule has 0 radical (unpaired) electrons. The van der Waals surface area contributed by atoms with E-state index in [1.54, 1.807) is 0 Å². The molecular formula is C16H22ClN7O. The summed E-state index contributed by atoms with van der Waals surface area (Å²) in [5.41, 5.74) is 6.50. The molecular weight excluding hydrogens is 342 g/mol. The summed E-state index contributed by atoms with van der Waals surface area (Å²) >= 11 is 6.42. The van der Waals surface area contributed by atoms with Crippen molar-refractivity contribution >= 4 is 23.4 Å². The Morgan fingerprint density at radius 3 is 2.72 bits per heavy atom. The van der Waals surface area contributed by atoms with Gasteiger partial charge in [-0.2, -0.15) is 4.98 Å². The van der Waals surface area contributed by atoms with E-state index in [0.717, 1.165) is 44.2 Å². The summed E-state index contributed by atoms with van der Waals surface area (Å²) in [5, 5.41) is 9.48. The largest absolute Gasteiger partial charge is 0.381 e. The fourth-order valence-electron chi connectivity index (χ4n) is 3.73. The number of aromatic nitrogens is 5. The van der Waals surface area contributed by atoms with Crippen LogP contribution in [-0.2, 0) is 11.3 Å². The number of rotatable bonds is 2. The molecule has 0 saturated carbocycles. The van der Waals surface area contributed by atoms with Gasteiger partial charge in [0.25, 0.3) is 0 Å². The highest BCUT2D eigenvalue weighted by molar-refractivity contribution is 6.33. The normalized spacial score (nSPS) is 21.4. The first-order valence-electron chi connectivity index (χ1n) is 8.60. The quantitative estimate of drug-likeness (QED) is 0.872. The van der Waals surface area contributed by atoms with Crippen LogP contribution >= 0.6 is 11.6 Å². The summed E-state index contributed by atoms with van der Waals surface area (Å²) in [6.45, 7) is 6.98. The van der Waals surface area contributed by atoms with E-state index >= 15 is 0 Å². The van der Waals surface area contributed by atoms with Gasteiger partial charge < -0.3 is 19.9 Å². The van der Waals surface area contributed by atoms with E-state index in [-0.39, 0.29) is 12.0 Å². The van der Waals surface area contributed by atoms with Gasteiger partial charge in [-0.25, -0.2) is 4.98 Å². The number of hydrogen-bond donors (Lipinski definition) is 1. The average Bonchev–Trinajstić information content (AvgIpc) is 3.03. The number of anilines is 2. The van der Waals surface area contributed by atoms with Crippen LogP contribution in [0, 0.1) is 6.92 Å². The van der Waals surface area contributed by atoms with Crippen LogP contribution in [0.15, 0.2) is 0 Å². The number of nitrogen functional groups attached to an aromatic ring is 1. The highest BCUT2D eigenvalue weighted by atomic mass is 35.5. The lowest BCUT2D eigenvalue weighted by atomic mass is 9.99. The van der Waals surface area contributed by atoms with Crippen molar-refractivity contribution < 1.29 is 4.74 Å². The predicted molar refractivity (Wildman–Crippen MR) is 94.8 cm³/mol. The minimum atomic E-state index is 0.226. The molecule has 1 fully saturated rings. The van der Waals surface area contributed by atoms with E-state index in [2.05, 4.69) is 36.6 Å². The van der Waals surface area contributed by atoms with Gasteiger partial charge in [0, 0.05) is 25.7 Å². The lowest BCUT2D eigenvalue weighted by Crippen LogP contribution is -2.38. The van der Waals surface area contributed by atoms with Crippen molar-refractivity contribution in [1.82, 2.24) is 24.7 Å². The Morgan fingerprint density at radius 2 is 1.96 bits per heavy atom. The molecule has 2 aliphatic rings. The van der Waals surface area contributed by atoms with E-state index in [4.69, 9.17) is 22.1 Å². The zero-order valence-corrected chi connectivity index (χ0v) is 15.2. The number of aryl methyl sites for hydroxylation is 1. The maximum absolute atomic E-state index is 6.42. The Morgan fingerprint density at radius 1 is 1.20 bits per heavy atom. The molecule has 25 heavy (non-hydrogen) atoms. The summed E-state index contributed by atoms with van der Waals surface area (Å²) in [4.78, 5) is 10.6. The monoisotopic (exact) mass is 363 g/mol. The van der Waals surface area contributed by atoms with Crippen molar-refractivity contribution in [2.75, 3.05) is 30.4 Å². The van der Waals surface area contributed by atoms with Gasteiger partial charge in [0.1, 0.15) is 10.8 Å². The number of nitrogens with two attached hydrogens (primary N) is 1. The molecule has 0 aliphatic carbocycles. The van der Waals surface area contributed by atoms with Crippen LogP contribution in [0.25, 0.3) is 0 Å². The molecule has 8 nitrogen and oxygen atoms in total. The summed E-state index contributed by atoms with van der Waals surface area (Å²) in [6, 6.07) is 0.226. The van der Waals surface area contributed by atoms with E-state index in [0.29, 0.717) is 29.0 Å². The molecule has 4 rings (SSSR count). The molecule has 0 unspecified atom stereocenters. The molecule has 4 heterocycles. The third-order valence-electron chi connectivity index (χ3n) is 4.95. The van der Waals surface area contributed by atoms with Crippen LogP contribution < -0.4 is 10.6 Å². The van der Waals surface area contributed by atoms with Crippen LogP contribution in [0.3, 0.4) is 0 Å². The number of nitrogens with zero attached hydrogens (tertiary/aromatic N) is 6. The maximum atomic E-state index is 6.42. The highest BCUT2D eigenvalue weighted by Gasteiger charge is 2.32. The van der Waals surface area contributed by atoms with Crippen LogP contribution in [0.4, 0.5) is 11.8 Å². The first kappa shape index (κ1) is 16.5. The van der Waals surface area contributed by atoms with E-state index in [1.807, 2.05) is 6.92 Å². The van der Waals surface area contributed by atoms with E-state index < -0.39 is 0 Å². The first-order valence-corrected chi connectivity index (χ1v) is 8.98. The Labute approximate surface area is 151 Å². The van der Waals surface area contributed by atoms with Gasteiger partial charge in [0.2, 0.25) is 5.95 Å². The van der Waals surface area contributed by atoms with E-state index in [9.17, 15) is 0 Å². The minimum absolute atomic E-state index is 0.226. The van der Waals surface area contributed by atoms with Crippen molar-refractivity contribution in [1.29, 1.82) is 0 Å². The second-order valence-electron chi connectivity index (χ2n) is 6.77. The van der Waals surface area contributed by atoms with E-state index in [1.165, 1.54) is 0 Å². The lowest BCUT2D eigenvalue weighted by Gasteiger charge is -2.35. The molecule has 0 amide bonds. The van der Waals surface area contributed by atoms with Gasteiger partial charge in [0.05, 0.1) is 18.3 Å². The van der Waals surface area contributed by atoms with Gasteiger partial charge >= 0.3 is 0 Å². The van der Waals surface area contributed by atoms with Crippen LogP contribution in [0.5, 0.6) is 0 Å². The van der Waals surface area contributed by atoms with Gasteiger partial charge in [0.15, 0.2) is 11.6 Å². The molecule has 2 N–H and O–H groups in total. The lowest BCUT2D eigenvalue weighted by molar-refractivity contribution is 0.0823. The van der Waals surface area contributed by atoms with Crippen molar-refractivity contribution in [3.63, 3.8) is 0 Å². The fraction of sp³-hybridized carbons (Fsp3) is 0.625. The fourth-order valence-corrected chi connectivity index (χ4v) is 3.94. The summed E-state index contributed by atoms with van der Waals surface area (Å²) in [7, 11) is 0. The molecule has 0 aromatic carbocycles. The predicted octanol–water partition coefficient (Wildman–Crippen LogP) is 2.09. The van der Waals surface area contributed by atoms with Gasteiger partial charge in [-0.3, -0.25) is 0 Å². The van der Waals surface area contributed by atoms with Gasteiger partial charge in [-0.1, -0.05) is 11.6 Å². The molecule has 2 aliphatic heterocycles. The molecule has 9 heteroatoms. The van der Waals surface area contributed by atoms with Crippen LogP contribution in [0.1, 0.15) is 49.1 Å². The Bertz CT molecular complexity index is 787. The first-order chi connectivity index (χ1) is 12.0. The summed E-state index contributed by atoms with van der Waals surface area (Å²) in [5.74, 6) is 3.34. The highest BCUT2D eigenvalue weighted by Crippen LogP contribution is 2.34. The topological polar surface area (TPSA) is 95.0 Å². The third-order valence-corrected chi connectivity index (χ3v) is 5.40. The molecule has 2 aromatic rings. The summed E-state index contributed by atoms with van der Waals surface area (Å²) < 4.78 is 7.75. The van der Waals surface area contributed by atoms with Gasteiger partial charge in [-0.15, -0.1) is 10.2 Å². The molecule has 1 atom stereocenters. The minimum Gasteiger partial charge on any atom is -0.381 e. The Kier molecular flexibility index (Phi) is 4.24. The molecule has 1 saturated heterocycles. The van der Waals surface area contributed by atoms with Crippen LogP contribution in [0.2, 0.25) is 5.02 Å². The van der Waals surface area contributed by atoms with Crippen molar-refractivity contribution in [2.45, 2.75) is 45.2 Å². The number of halogens is 1. The Balaban J connectivity index is 1.65. The summed E-state index contributed by atoms with van der Waals surface area (Å²) in [6.07, 6.45) is 2.00. The SMILES string of the molecule is Cc1nc(N)nc(N2Cc3nnc(C4CCOCC4)n3[C@@H](C)C2)c1Cl. The molecule has 0 spiro atoms. The Hall–Kier alpha value is -1.93. The second kappa shape index (κ2) is 6.42. The number of ether oxygens (including phenoxy) is 1. The van der Waals surface area contributed by atoms with Crippen molar-refractivity contribution in [3.8, 4) is 0 Å². The molecule has 2 aromatic heterocycles. The van der Waals surface area contributed by atoms with Crippen molar-refractivity contribution in [3.05, 3.63) is 22.4 Å². The average molecular weight is 364 g/mol. The number of hydrogen-bond acceptors (Lipinski definition) is 7. The zero-order chi connectivity index (χ0) is 17.6.